The molecule has 5 atom stereocenters. The van der Waals surface area contributed by atoms with E-state index in [-0.39, 0.29) is 29.6 Å². The van der Waals surface area contributed by atoms with Crippen LogP contribution in [0.2, 0.25) is 0 Å². The molecule has 1 amide bonds. The number of hydrogen-bond donors (Lipinski definition) is 1. The highest BCUT2D eigenvalue weighted by atomic mass is 19.1. The number of pyridine rings is 1. The maximum Gasteiger partial charge on any atom is 0.227 e. The van der Waals surface area contributed by atoms with E-state index in [1.54, 1.807) is 30.5 Å². The van der Waals surface area contributed by atoms with E-state index in [2.05, 4.69) is 10.3 Å². The zero-order chi connectivity index (χ0) is 20.8. The first-order valence-electron chi connectivity index (χ1n) is 10.3. The van der Waals surface area contributed by atoms with Crippen LogP contribution < -0.4 is 10.1 Å². The number of nitrogens with zero attached hydrogens (tertiary/aromatic N) is 1. The normalized spacial score (nSPS) is 25.6. The number of carbonyl (C=O) groups excluding carboxylic acids is 1. The van der Waals surface area contributed by atoms with Crippen LogP contribution in [-0.2, 0) is 4.79 Å². The molecule has 3 aromatic rings. The summed E-state index contributed by atoms with van der Waals surface area (Å²) in [5.74, 6) is 1.16. The minimum atomic E-state index is -0.325. The topological polar surface area (TPSA) is 51.2 Å². The van der Waals surface area contributed by atoms with Gasteiger partial charge in [0.2, 0.25) is 5.91 Å². The molecule has 154 valence electrons. The highest BCUT2D eigenvalue weighted by Gasteiger charge is 2.59. The number of ether oxygens (including phenoxy) is 1. The summed E-state index contributed by atoms with van der Waals surface area (Å²) >= 11 is 0. The molecule has 30 heavy (non-hydrogen) atoms. The van der Waals surface area contributed by atoms with Gasteiger partial charge in [0.25, 0.3) is 0 Å². The number of nitrogens with one attached hydrogen (secondary N) is 1. The van der Waals surface area contributed by atoms with Gasteiger partial charge in [-0.1, -0.05) is 6.92 Å². The smallest absolute Gasteiger partial charge is 0.227 e. The van der Waals surface area contributed by atoms with Crippen LogP contribution in [0, 0.1) is 35.3 Å². The van der Waals surface area contributed by atoms with E-state index in [1.807, 2.05) is 6.92 Å². The molecule has 1 heterocycles. The molecule has 0 bridgehead atoms. The molecule has 3 unspecified atom stereocenters. The Morgan fingerprint density at radius 3 is 2.50 bits per heavy atom. The summed E-state index contributed by atoms with van der Waals surface area (Å²) < 4.78 is 32.9. The summed E-state index contributed by atoms with van der Waals surface area (Å²) in [6.45, 7) is 1.96. The molecule has 5 rings (SSSR count). The second-order valence-electron chi connectivity index (χ2n) is 8.37. The first-order valence-corrected chi connectivity index (χ1v) is 10.3. The van der Waals surface area contributed by atoms with Gasteiger partial charge in [-0.25, -0.2) is 8.78 Å². The molecule has 0 saturated heterocycles. The van der Waals surface area contributed by atoms with E-state index in [0.717, 1.165) is 12.8 Å². The van der Waals surface area contributed by atoms with Gasteiger partial charge in [0, 0.05) is 23.2 Å². The average Bonchev–Trinajstić information content (AvgIpc) is 3.24. The van der Waals surface area contributed by atoms with E-state index in [0.29, 0.717) is 40.1 Å². The molecule has 6 heteroatoms. The summed E-state index contributed by atoms with van der Waals surface area (Å²) in [6, 6.07) is 12.1. The number of hydrogen-bond acceptors (Lipinski definition) is 3. The molecule has 0 spiro atoms. The number of anilines is 1. The number of fused-ring (bicyclic) bond motifs is 2. The SMILES string of the molecule is CC(C(=O)Nc1ccc(F)cc1)C1[C@H]2CC(Oc3ccnc4ccc(F)cc34)C[C@@H]12. The standard InChI is InChI=1S/C24H22F2N2O2/c1-13(24(29)28-16-5-2-14(25)3-6-16)23-18-11-17(12-19(18)23)30-22-8-9-27-21-7-4-15(26)10-20(21)22/h2-10,13,17-19,23H,11-12H2,1H3,(H,28,29)/t13?,17?,18-,19+,23?. The van der Waals surface area contributed by atoms with Crippen LogP contribution in [0.4, 0.5) is 14.5 Å². The number of carbonyl (C=O) groups is 1. The first kappa shape index (κ1) is 19.0. The Morgan fingerprint density at radius 2 is 1.77 bits per heavy atom. The molecule has 2 aromatic carbocycles. The van der Waals surface area contributed by atoms with Crippen molar-refractivity contribution in [2.45, 2.75) is 25.9 Å². The Labute approximate surface area is 173 Å². The fourth-order valence-corrected chi connectivity index (χ4v) is 5.02. The fourth-order valence-electron chi connectivity index (χ4n) is 5.02. The summed E-state index contributed by atoms with van der Waals surface area (Å²) in [5.41, 5.74) is 1.32. The van der Waals surface area contributed by atoms with Crippen molar-refractivity contribution in [3.63, 3.8) is 0 Å². The van der Waals surface area contributed by atoms with Crippen LogP contribution in [0.1, 0.15) is 19.8 Å². The second-order valence-corrected chi connectivity index (χ2v) is 8.37. The number of rotatable bonds is 5. The van der Waals surface area contributed by atoms with Gasteiger partial charge in [-0.15, -0.1) is 0 Å². The Hall–Kier alpha value is -3.02. The van der Waals surface area contributed by atoms with Crippen LogP contribution in [0.3, 0.4) is 0 Å². The van der Waals surface area contributed by atoms with Crippen LogP contribution in [0.5, 0.6) is 5.75 Å². The Balaban J connectivity index is 1.20. The number of halogens is 2. The third-order valence-corrected chi connectivity index (χ3v) is 6.53. The minimum Gasteiger partial charge on any atom is -0.490 e. The highest BCUT2D eigenvalue weighted by Crippen LogP contribution is 2.61. The van der Waals surface area contributed by atoms with Crippen LogP contribution in [0.25, 0.3) is 10.9 Å². The minimum absolute atomic E-state index is 0.0333. The number of amides is 1. The van der Waals surface area contributed by atoms with Gasteiger partial charge in [0.05, 0.1) is 11.6 Å². The Bertz CT molecular complexity index is 1090. The van der Waals surface area contributed by atoms with E-state index in [9.17, 15) is 13.6 Å². The van der Waals surface area contributed by atoms with Crippen molar-refractivity contribution >= 4 is 22.5 Å². The van der Waals surface area contributed by atoms with Crippen molar-refractivity contribution in [2.24, 2.45) is 23.7 Å². The molecule has 0 radical (unpaired) electrons. The molecular weight excluding hydrogens is 386 g/mol. The van der Waals surface area contributed by atoms with Gasteiger partial charge < -0.3 is 10.1 Å². The van der Waals surface area contributed by atoms with Gasteiger partial charge in [-0.3, -0.25) is 9.78 Å². The zero-order valence-corrected chi connectivity index (χ0v) is 16.5. The second kappa shape index (κ2) is 7.35. The molecule has 0 aliphatic heterocycles. The van der Waals surface area contributed by atoms with Gasteiger partial charge >= 0.3 is 0 Å². The monoisotopic (exact) mass is 408 g/mol. The van der Waals surface area contributed by atoms with Gasteiger partial charge in [-0.2, -0.15) is 0 Å². The van der Waals surface area contributed by atoms with Gasteiger partial charge in [0.1, 0.15) is 17.4 Å². The zero-order valence-electron chi connectivity index (χ0n) is 16.5. The summed E-state index contributed by atoms with van der Waals surface area (Å²) in [6.07, 6.45) is 3.53. The highest BCUT2D eigenvalue weighted by molar-refractivity contribution is 5.92. The van der Waals surface area contributed by atoms with Crippen LogP contribution >= 0.6 is 0 Å². The molecule has 1 N–H and O–H groups in total. The quantitative estimate of drug-likeness (QED) is 0.632. The van der Waals surface area contributed by atoms with Crippen LogP contribution in [0.15, 0.2) is 54.7 Å². The first-order chi connectivity index (χ1) is 14.5. The lowest BCUT2D eigenvalue weighted by Crippen LogP contribution is -2.25. The Kier molecular flexibility index (Phi) is 4.65. The number of benzene rings is 2. The molecular formula is C24H22F2N2O2. The van der Waals surface area contributed by atoms with Gasteiger partial charge in [0.15, 0.2) is 0 Å². The van der Waals surface area contributed by atoms with E-state index in [1.165, 1.54) is 24.3 Å². The maximum atomic E-state index is 13.7. The molecule has 4 nitrogen and oxygen atoms in total. The lowest BCUT2D eigenvalue weighted by atomic mass is 9.97. The number of aromatic nitrogens is 1. The molecule has 2 aliphatic carbocycles. The lowest BCUT2D eigenvalue weighted by molar-refractivity contribution is -0.120. The van der Waals surface area contributed by atoms with Crippen molar-refractivity contribution in [3.05, 3.63) is 66.4 Å². The van der Waals surface area contributed by atoms with Crippen molar-refractivity contribution in [1.29, 1.82) is 0 Å². The van der Waals surface area contributed by atoms with E-state index >= 15 is 0 Å². The van der Waals surface area contributed by atoms with Crippen molar-refractivity contribution in [2.75, 3.05) is 5.32 Å². The van der Waals surface area contributed by atoms with E-state index in [4.69, 9.17) is 4.74 Å². The third kappa shape index (κ3) is 3.51. The average molecular weight is 408 g/mol. The van der Waals surface area contributed by atoms with Crippen molar-refractivity contribution < 1.29 is 18.3 Å². The molecule has 2 saturated carbocycles. The third-order valence-electron chi connectivity index (χ3n) is 6.53. The predicted molar refractivity (Wildman–Crippen MR) is 110 cm³/mol. The predicted octanol–water partition coefficient (Wildman–Crippen LogP) is 5.19. The molecule has 1 aromatic heterocycles. The summed E-state index contributed by atoms with van der Waals surface area (Å²) in [4.78, 5) is 16.8. The largest absolute Gasteiger partial charge is 0.490 e. The summed E-state index contributed by atoms with van der Waals surface area (Å²) in [5, 5.41) is 3.56. The van der Waals surface area contributed by atoms with Gasteiger partial charge in [-0.05, 0) is 79.1 Å². The maximum absolute atomic E-state index is 13.7. The molecule has 2 aliphatic rings. The van der Waals surface area contributed by atoms with Crippen molar-refractivity contribution in [1.82, 2.24) is 4.98 Å². The Morgan fingerprint density at radius 1 is 1.07 bits per heavy atom. The summed E-state index contributed by atoms with van der Waals surface area (Å²) in [7, 11) is 0. The lowest BCUT2D eigenvalue weighted by Gasteiger charge is -2.20. The van der Waals surface area contributed by atoms with Crippen molar-refractivity contribution in [3.8, 4) is 5.75 Å². The molecule has 2 fully saturated rings. The van der Waals surface area contributed by atoms with E-state index < -0.39 is 0 Å². The van der Waals surface area contributed by atoms with Crippen LogP contribution in [-0.4, -0.2) is 17.0 Å². The fraction of sp³-hybridized carbons (Fsp3) is 0.333.